The van der Waals surface area contributed by atoms with Crippen LogP contribution in [0.1, 0.15) is 53.9 Å². The van der Waals surface area contributed by atoms with Crippen LogP contribution < -0.4 is 5.32 Å². The minimum Gasteiger partial charge on any atom is -0.380 e. The molecule has 108 valence electrons. The van der Waals surface area contributed by atoms with E-state index in [9.17, 15) is 0 Å². The van der Waals surface area contributed by atoms with Gasteiger partial charge < -0.3 is 10.1 Å². The first-order valence-electron chi connectivity index (χ1n) is 7.75. The zero-order valence-corrected chi connectivity index (χ0v) is 13.2. The van der Waals surface area contributed by atoms with E-state index in [0.717, 1.165) is 24.3 Å². The molecule has 0 bridgehead atoms. The Morgan fingerprint density at radius 3 is 2.06 bits per heavy atom. The van der Waals surface area contributed by atoms with Gasteiger partial charge >= 0.3 is 0 Å². The number of hydrogen-bond donors (Lipinski definition) is 1. The van der Waals surface area contributed by atoms with Crippen molar-refractivity contribution in [2.24, 2.45) is 23.7 Å². The van der Waals surface area contributed by atoms with E-state index >= 15 is 0 Å². The average molecular weight is 255 g/mol. The number of ether oxygens (including phenoxy) is 1. The first-order valence-corrected chi connectivity index (χ1v) is 7.75. The van der Waals surface area contributed by atoms with Crippen molar-refractivity contribution in [1.82, 2.24) is 5.32 Å². The van der Waals surface area contributed by atoms with Crippen molar-refractivity contribution < 1.29 is 4.74 Å². The highest BCUT2D eigenvalue weighted by molar-refractivity contribution is 4.89. The van der Waals surface area contributed by atoms with E-state index in [4.69, 9.17) is 4.74 Å². The molecule has 1 saturated carbocycles. The molecule has 0 spiro atoms. The first kappa shape index (κ1) is 16.0. The second-order valence-electron chi connectivity index (χ2n) is 6.71. The summed E-state index contributed by atoms with van der Waals surface area (Å²) in [6.45, 7) is 12.6. The van der Waals surface area contributed by atoms with Gasteiger partial charge in [-0.05, 0) is 49.5 Å². The fourth-order valence-corrected chi connectivity index (χ4v) is 3.92. The maximum atomic E-state index is 5.79. The predicted molar refractivity (Wildman–Crippen MR) is 78.8 cm³/mol. The van der Waals surface area contributed by atoms with E-state index in [2.05, 4.69) is 39.9 Å². The average Bonchev–Trinajstić information content (AvgIpc) is 2.27. The third-order valence-electron chi connectivity index (χ3n) is 4.45. The summed E-state index contributed by atoms with van der Waals surface area (Å²) >= 11 is 0. The molecular formula is C16H33NO. The number of nitrogens with one attached hydrogen (secondary N) is 1. The molecule has 0 aromatic heterocycles. The third kappa shape index (κ3) is 4.24. The van der Waals surface area contributed by atoms with Crippen molar-refractivity contribution in [3.05, 3.63) is 0 Å². The highest BCUT2D eigenvalue weighted by atomic mass is 16.5. The van der Waals surface area contributed by atoms with Gasteiger partial charge in [-0.2, -0.15) is 0 Å². The smallest absolute Gasteiger partial charge is 0.0749 e. The summed E-state index contributed by atoms with van der Waals surface area (Å²) in [5.74, 6) is 3.08. The molecule has 0 aromatic rings. The molecule has 2 heteroatoms. The van der Waals surface area contributed by atoms with Crippen LogP contribution in [0.3, 0.4) is 0 Å². The lowest BCUT2D eigenvalue weighted by Crippen LogP contribution is -2.50. The van der Waals surface area contributed by atoms with Gasteiger partial charge in [-0.15, -0.1) is 0 Å². The fourth-order valence-electron chi connectivity index (χ4n) is 3.92. The topological polar surface area (TPSA) is 21.3 Å². The molecule has 0 heterocycles. The Morgan fingerprint density at radius 2 is 1.67 bits per heavy atom. The summed E-state index contributed by atoms with van der Waals surface area (Å²) in [4.78, 5) is 0. The number of rotatable bonds is 6. The van der Waals surface area contributed by atoms with Crippen molar-refractivity contribution in [3.8, 4) is 0 Å². The minimum absolute atomic E-state index is 0.340. The van der Waals surface area contributed by atoms with Crippen LogP contribution in [0.4, 0.5) is 0 Å². The van der Waals surface area contributed by atoms with E-state index in [0.29, 0.717) is 18.1 Å². The Hall–Kier alpha value is -0.0800. The second kappa shape index (κ2) is 7.49. The van der Waals surface area contributed by atoms with Crippen LogP contribution in [-0.2, 0) is 4.74 Å². The van der Waals surface area contributed by atoms with Crippen LogP contribution in [0.15, 0.2) is 0 Å². The van der Waals surface area contributed by atoms with E-state index in [-0.39, 0.29) is 0 Å². The van der Waals surface area contributed by atoms with Crippen LogP contribution in [-0.4, -0.2) is 25.8 Å². The van der Waals surface area contributed by atoms with Gasteiger partial charge in [0.25, 0.3) is 0 Å². The number of hydrogen-bond acceptors (Lipinski definition) is 2. The zero-order chi connectivity index (χ0) is 13.7. The Balaban J connectivity index is 2.75. The van der Waals surface area contributed by atoms with Gasteiger partial charge in [0.05, 0.1) is 6.10 Å². The minimum atomic E-state index is 0.340. The molecule has 4 atom stereocenters. The van der Waals surface area contributed by atoms with Gasteiger partial charge in [0.15, 0.2) is 0 Å². The molecule has 18 heavy (non-hydrogen) atoms. The number of likely N-dealkylation sites (N-methyl/N-ethyl adjacent to an activating group) is 1. The molecule has 1 aliphatic rings. The molecule has 1 aliphatic carbocycles. The van der Waals surface area contributed by atoms with Crippen LogP contribution in [0.2, 0.25) is 0 Å². The van der Waals surface area contributed by atoms with Gasteiger partial charge in [-0.1, -0.05) is 34.6 Å². The van der Waals surface area contributed by atoms with Crippen molar-refractivity contribution in [1.29, 1.82) is 0 Å². The molecule has 1 rings (SSSR count). The van der Waals surface area contributed by atoms with Crippen LogP contribution in [0.5, 0.6) is 0 Å². The molecule has 1 N–H and O–H groups in total. The van der Waals surface area contributed by atoms with E-state index in [1.807, 2.05) is 7.11 Å². The molecular weight excluding hydrogens is 222 g/mol. The number of methoxy groups -OCH3 is 1. The monoisotopic (exact) mass is 255 g/mol. The lowest BCUT2D eigenvalue weighted by Gasteiger charge is -2.41. The van der Waals surface area contributed by atoms with E-state index in [1.54, 1.807) is 0 Å². The summed E-state index contributed by atoms with van der Waals surface area (Å²) < 4.78 is 5.79. The van der Waals surface area contributed by atoms with Gasteiger partial charge in [0, 0.05) is 13.2 Å². The van der Waals surface area contributed by atoms with Crippen LogP contribution >= 0.6 is 0 Å². The maximum absolute atomic E-state index is 5.79. The lowest BCUT2D eigenvalue weighted by atomic mass is 9.71. The van der Waals surface area contributed by atoms with E-state index < -0.39 is 0 Å². The molecule has 0 radical (unpaired) electrons. The third-order valence-corrected chi connectivity index (χ3v) is 4.45. The molecule has 0 aliphatic heterocycles. The Labute approximate surface area is 114 Å². The normalized spacial score (nSPS) is 32.5. The Kier molecular flexibility index (Phi) is 6.65. The van der Waals surface area contributed by atoms with Crippen molar-refractivity contribution in [2.45, 2.75) is 66.0 Å². The highest BCUT2D eigenvalue weighted by Gasteiger charge is 2.35. The van der Waals surface area contributed by atoms with Crippen molar-refractivity contribution >= 4 is 0 Å². The fraction of sp³-hybridized carbons (Fsp3) is 1.00. The predicted octanol–water partition coefficient (Wildman–Crippen LogP) is 3.71. The molecule has 4 unspecified atom stereocenters. The quantitative estimate of drug-likeness (QED) is 0.781. The van der Waals surface area contributed by atoms with Gasteiger partial charge in [0.1, 0.15) is 0 Å². The van der Waals surface area contributed by atoms with Gasteiger partial charge in [-0.3, -0.25) is 0 Å². The van der Waals surface area contributed by atoms with E-state index in [1.165, 1.54) is 19.3 Å². The van der Waals surface area contributed by atoms with Crippen molar-refractivity contribution in [2.75, 3.05) is 13.7 Å². The Morgan fingerprint density at radius 1 is 1.11 bits per heavy atom. The summed E-state index contributed by atoms with van der Waals surface area (Å²) in [5, 5.41) is 3.70. The molecule has 2 nitrogen and oxygen atoms in total. The van der Waals surface area contributed by atoms with Crippen molar-refractivity contribution in [3.63, 3.8) is 0 Å². The highest BCUT2D eigenvalue weighted by Crippen LogP contribution is 2.36. The first-order chi connectivity index (χ1) is 8.49. The summed E-state index contributed by atoms with van der Waals surface area (Å²) in [6.07, 6.45) is 4.45. The van der Waals surface area contributed by atoms with Crippen LogP contribution in [0.25, 0.3) is 0 Å². The maximum Gasteiger partial charge on any atom is 0.0749 e. The Bertz CT molecular complexity index is 219. The lowest BCUT2D eigenvalue weighted by molar-refractivity contribution is 0.000727. The SMILES string of the molecule is CCNC(C1CC(C)CC(C)C1)C(OC)C(C)C. The molecule has 0 saturated heterocycles. The zero-order valence-electron chi connectivity index (χ0n) is 13.2. The molecule has 0 amide bonds. The largest absolute Gasteiger partial charge is 0.380 e. The summed E-state index contributed by atoms with van der Waals surface area (Å²) in [5.41, 5.74) is 0. The standard InChI is InChI=1S/C16H33NO/c1-7-17-15(16(18-6)11(2)3)14-9-12(4)8-13(5)10-14/h11-17H,7-10H2,1-6H3. The summed E-state index contributed by atoms with van der Waals surface area (Å²) in [6, 6.07) is 0.519. The van der Waals surface area contributed by atoms with Gasteiger partial charge in [0.2, 0.25) is 0 Å². The molecule has 0 aromatic carbocycles. The summed E-state index contributed by atoms with van der Waals surface area (Å²) in [7, 11) is 1.87. The van der Waals surface area contributed by atoms with Crippen LogP contribution in [0, 0.1) is 23.7 Å². The molecule has 1 fully saturated rings. The second-order valence-corrected chi connectivity index (χ2v) is 6.71. The van der Waals surface area contributed by atoms with Gasteiger partial charge in [-0.25, -0.2) is 0 Å².